The van der Waals surface area contributed by atoms with Gasteiger partial charge in [0.2, 0.25) is 10.0 Å². The Bertz CT molecular complexity index is 1110. The van der Waals surface area contributed by atoms with Crippen LogP contribution in [0.3, 0.4) is 0 Å². The number of sulfonamides is 1. The second-order valence-corrected chi connectivity index (χ2v) is 10.4. The third kappa shape index (κ3) is 4.13. The van der Waals surface area contributed by atoms with Crippen molar-refractivity contribution in [3.05, 3.63) is 42.5 Å². The summed E-state index contributed by atoms with van der Waals surface area (Å²) in [5.74, 6) is 0.505. The predicted molar refractivity (Wildman–Crippen MR) is 118 cm³/mol. The van der Waals surface area contributed by atoms with E-state index in [1.165, 1.54) is 0 Å². The van der Waals surface area contributed by atoms with Crippen LogP contribution in [-0.4, -0.2) is 45.3 Å². The third-order valence-corrected chi connectivity index (χ3v) is 7.08. The molecule has 166 valence electrons. The minimum atomic E-state index is -3.75. The standard InChI is InChI=1S/C22H27N3O5S/c1-22(2,3)24-31(27,28)20-7-5-4-6-15(20)14-8-9-16-18(12-14)29-11-10-17-19(13-23)30-21(26)25(16)17/h4-9,12,17,19,24H,10-11,13,23H2,1-3H3/t17-,19-/m0/s1. The lowest BCUT2D eigenvalue weighted by atomic mass is 10.0. The van der Waals surface area contributed by atoms with Gasteiger partial charge < -0.3 is 15.2 Å². The number of hydrogen-bond donors (Lipinski definition) is 2. The molecule has 0 bridgehead atoms. The van der Waals surface area contributed by atoms with Gasteiger partial charge in [-0.15, -0.1) is 0 Å². The SMILES string of the molecule is CC(C)(C)NS(=O)(=O)c1ccccc1-c1ccc2c(c1)OCC[C@H]1[C@H](CN)OC(=O)N21. The molecule has 31 heavy (non-hydrogen) atoms. The first-order valence-corrected chi connectivity index (χ1v) is 11.7. The van der Waals surface area contributed by atoms with E-state index < -0.39 is 21.7 Å². The Morgan fingerprint density at radius 3 is 2.65 bits per heavy atom. The zero-order chi connectivity index (χ0) is 22.4. The molecule has 0 aliphatic carbocycles. The van der Waals surface area contributed by atoms with E-state index in [0.717, 1.165) is 0 Å². The number of nitrogens with zero attached hydrogens (tertiary/aromatic N) is 1. The summed E-state index contributed by atoms with van der Waals surface area (Å²) >= 11 is 0. The molecule has 2 aromatic carbocycles. The van der Waals surface area contributed by atoms with Gasteiger partial charge in [0.1, 0.15) is 11.9 Å². The molecule has 0 saturated carbocycles. The van der Waals surface area contributed by atoms with Gasteiger partial charge in [0.05, 0.1) is 23.2 Å². The zero-order valence-electron chi connectivity index (χ0n) is 17.8. The Morgan fingerprint density at radius 1 is 1.19 bits per heavy atom. The number of carbonyl (C=O) groups excluding carboxylic acids is 1. The highest BCUT2D eigenvalue weighted by Gasteiger charge is 2.44. The molecule has 1 fully saturated rings. The Morgan fingerprint density at radius 2 is 1.94 bits per heavy atom. The Balaban J connectivity index is 1.77. The molecule has 0 radical (unpaired) electrons. The number of rotatable bonds is 4. The molecule has 2 aromatic rings. The summed E-state index contributed by atoms with van der Waals surface area (Å²) in [6.45, 7) is 6.03. The van der Waals surface area contributed by atoms with Crippen molar-refractivity contribution in [2.45, 2.75) is 49.8 Å². The summed E-state index contributed by atoms with van der Waals surface area (Å²) in [6, 6.07) is 12.0. The van der Waals surface area contributed by atoms with E-state index in [9.17, 15) is 13.2 Å². The first-order chi connectivity index (χ1) is 14.6. The number of ether oxygens (including phenoxy) is 2. The van der Waals surface area contributed by atoms with Gasteiger partial charge in [0.25, 0.3) is 0 Å². The van der Waals surface area contributed by atoms with Crippen LogP contribution in [0.2, 0.25) is 0 Å². The molecule has 2 atom stereocenters. The number of anilines is 1. The summed E-state index contributed by atoms with van der Waals surface area (Å²) in [5, 5.41) is 0. The van der Waals surface area contributed by atoms with E-state index >= 15 is 0 Å². The second-order valence-electron chi connectivity index (χ2n) is 8.77. The van der Waals surface area contributed by atoms with Gasteiger partial charge >= 0.3 is 6.09 Å². The minimum absolute atomic E-state index is 0.181. The number of nitrogens with two attached hydrogens (primary N) is 1. The first-order valence-electron chi connectivity index (χ1n) is 10.2. The maximum atomic E-state index is 13.0. The summed E-state index contributed by atoms with van der Waals surface area (Å²) in [6.07, 6.45) is -0.230. The summed E-state index contributed by atoms with van der Waals surface area (Å²) in [4.78, 5) is 14.2. The van der Waals surface area contributed by atoms with Crippen molar-refractivity contribution in [1.29, 1.82) is 0 Å². The van der Waals surface area contributed by atoms with Gasteiger partial charge in [-0.2, -0.15) is 0 Å². The highest BCUT2D eigenvalue weighted by Crippen LogP contribution is 2.41. The second kappa shape index (κ2) is 7.81. The van der Waals surface area contributed by atoms with Crippen LogP contribution in [0.15, 0.2) is 47.4 Å². The largest absolute Gasteiger partial charge is 0.491 e. The molecule has 2 aliphatic rings. The lowest BCUT2D eigenvalue weighted by Gasteiger charge is -2.23. The van der Waals surface area contributed by atoms with E-state index in [4.69, 9.17) is 15.2 Å². The molecular formula is C22H27N3O5S. The lowest BCUT2D eigenvalue weighted by Crippen LogP contribution is -2.40. The van der Waals surface area contributed by atoms with Crippen LogP contribution in [-0.2, 0) is 14.8 Å². The third-order valence-electron chi connectivity index (χ3n) is 5.26. The van der Waals surface area contributed by atoms with E-state index in [-0.39, 0.29) is 23.6 Å². The lowest BCUT2D eigenvalue weighted by molar-refractivity contribution is 0.131. The van der Waals surface area contributed by atoms with Crippen LogP contribution in [0.5, 0.6) is 5.75 Å². The Labute approximate surface area is 182 Å². The van der Waals surface area contributed by atoms with Crippen molar-refractivity contribution >= 4 is 21.8 Å². The number of hydrogen-bond acceptors (Lipinski definition) is 6. The van der Waals surface area contributed by atoms with Crippen LogP contribution >= 0.6 is 0 Å². The van der Waals surface area contributed by atoms with E-state index in [1.807, 2.05) is 0 Å². The van der Waals surface area contributed by atoms with Gasteiger partial charge in [-0.05, 0) is 44.5 Å². The number of fused-ring (bicyclic) bond motifs is 3. The van der Waals surface area contributed by atoms with Crippen molar-refractivity contribution in [3.63, 3.8) is 0 Å². The molecule has 1 saturated heterocycles. The molecular weight excluding hydrogens is 418 g/mol. The Kier molecular flexibility index (Phi) is 5.45. The van der Waals surface area contributed by atoms with Crippen LogP contribution < -0.4 is 20.1 Å². The molecule has 3 N–H and O–H groups in total. The minimum Gasteiger partial charge on any atom is -0.491 e. The molecule has 2 aliphatic heterocycles. The molecule has 8 nitrogen and oxygen atoms in total. The number of nitrogens with one attached hydrogen (secondary N) is 1. The van der Waals surface area contributed by atoms with E-state index in [1.54, 1.807) is 68.1 Å². The van der Waals surface area contributed by atoms with E-state index in [2.05, 4.69) is 4.72 Å². The highest BCUT2D eigenvalue weighted by atomic mass is 32.2. The number of amides is 1. The first kappa shape index (κ1) is 21.6. The average Bonchev–Trinajstić information content (AvgIpc) is 2.89. The maximum Gasteiger partial charge on any atom is 0.415 e. The highest BCUT2D eigenvalue weighted by molar-refractivity contribution is 7.89. The van der Waals surface area contributed by atoms with Crippen molar-refractivity contribution in [2.75, 3.05) is 18.1 Å². The molecule has 0 spiro atoms. The fraction of sp³-hybridized carbons (Fsp3) is 0.409. The fourth-order valence-corrected chi connectivity index (χ4v) is 5.70. The van der Waals surface area contributed by atoms with Crippen LogP contribution in [0.1, 0.15) is 27.2 Å². The monoisotopic (exact) mass is 445 g/mol. The summed E-state index contributed by atoms with van der Waals surface area (Å²) in [7, 11) is -3.75. The van der Waals surface area contributed by atoms with Gasteiger partial charge in [-0.1, -0.05) is 24.3 Å². The molecule has 1 amide bonds. The number of benzene rings is 2. The Hall–Kier alpha value is -2.62. The summed E-state index contributed by atoms with van der Waals surface area (Å²) < 4.78 is 40.1. The van der Waals surface area contributed by atoms with Gasteiger partial charge in [-0.25, -0.2) is 17.9 Å². The maximum absolute atomic E-state index is 13.0. The topological polar surface area (TPSA) is 111 Å². The normalized spacial score (nSPS) is 21.0. The van der Waals surface area contributed by atoms with E-state index in [0.29, 0.717) is 35.6 Å². The van der Waals surface area contributed by atoms with Gasteiger partial charge in [-0.3, -0.25) is 4.90 Å². The molecule has 4 rings (SSSR count). The van der Waals surface area contributed by atoms with Gasteiger partial charge in [0.15, 0.2) is 0 Å². The summed E-state index contributed by atoms with van der Waals surface area (Å²) in [5.41, 5.74) is 6.97. The van der Waals surface area contributed by atoms with Crippen LogP contribution in [0.4, 0.5) is 10.5 Å². The average molecular weight is 446 g/mol. The quantitative estimate of drug-likeness (QED) is 0.749. The van der Waals surface area contributed by atoms with Crippen LogP contribution in [0.25, 0.3) is 11.1 Å². The fourth-order valence-electron chi connectivity index (χ4n) is 4.05. The molecule has 9 heteroatoms. The van der Waals surface area contributed by atoms with Crippen molar-refractivity contribution in [3.8, 4) is 16.9 Å². The number of cyclic esters (lactones) is 1. The molecule has 2 heterocycles. The molecule has 0 aromatic heterocycles. The zero-order valence-corrected chi connectivity index (χ0v) is 18.6. The number of carbonyl (C=O) groups is 1. The van der Waals surface area contributed by atoms with Crippen molar-refractivity contribution in [1.82, 2.24) is 4.72 Å². The predicted octanol–water partition coefficient (Wildman–Crippen LogP) is 2.87. The van der Waals surface area contributed by atoms with Crippen molar-refractivity contribution < 1.29 is 22.7 Å². The van der Waals surface area contributed by atoms with Crippen molar-refractivity contribution in [2.24, 2.45) is 5.73 Å². The smallest absolute Gasteiger partial charge is 0.415 e. The van der Waals surface area contributed by atoms with Gasteiger partial charge in [0, 0.05) is 24.1 Å². The van der Waals surface area contributed by atoms with Crippen LogP contribution in [0, 0.1) is 0 Å². The molecule has 0 unspecified atom stereocenters.